The molecule has 3 aromatic rings. The van der Waals surface area contributed by atoms with E-state index >= 15 is 0 Å². The molecule has 2 aromatic carbocycles. The van der Waals surface area contributed by atoms with E-state index in [0.29, 0.717) is 16.5 Å². The van der Waals surface area contributed by atoms with Crippen LogP contribution in [0, 0.1) is 6.92 Å². The van der Waals surface area contributed by atoms with Crippen LogP contribution in [0.2, 0.25) is 0 Å². The van der Waals surface area contributed by atoms with Gasteiger partial charge in [-0.1, -0.05) is 6.07 Å². The molecule has 0 radical (unpaired) electrons. The summed E-state index contributed by atoms with van der Waals surface area (Å²) < 4.78 is 35.0. The lowest BCUT2D eigenvalue weighted by Gasteiger charge is -2.12. The zero-order chi connectivity index (χ0) is 18.2. The molecule has 0 bridgehead atoms. The molecule has 9 heteroatoms. The first-order valence-electron chi connectivity index (χ1n) is 7.15. The minimum absolute atomic E-state index is 0.0354. The zero-order valence-electron chi connectivity index (χ0n) is 13.3. The lowest BCUT2D eigenvalue weighted by molar-refractivity contribution is 0.0601. The number of H-pyrrole nitrogens is 1. The van der Waals surface area contributed by atoms with E-state index in [9.17, 15) is 18.0 Å². The van der Waals surface area contributed by atoms with E-state index in [1.54, 1.807) is 25.1 Å². The first-order chi connectivity index (χ1) is 11.8. The minimum Gasteiger partial charge on any atom is -0.465 e. The topological polar surface area (TPSA) is 105 Å². The largest absolute Gasteiger partial charge is 0.465 e. The molecule has 0 aliphatic heterocycles. The molecule has 1 heterocycles. The number of aryl methyl sites for hydroxylation is 1. The van der Waals surface area contributed by atoms with Crippen LogP contribution in [0.4, 0.5) is 5.69 Å². The third-order valence-corrected chi connectivity index (χ3v) is 5.77. The standard InChI is InChI=1S/C16H14N2O5S2/c1-9-3-4-10(15(19)23-2)7-14(9)18-25(21,22)11-5-6-13-12(8-11)16(20)24-17-13/h3-8,17-18H,1-2H3. The van der Waals surface area contributed by atoms with Crippen LogP contribution in [0.3, 0.4) is 0 Å². The summed E-state index contributed by atoms with van der Waals surface area (Å²) in [6.45, 7) is 1.71. The summed E-state index contributed by atoms with van der Waals surface area (Å²) >= 11 is 0.904. The fraction of sp³-hybridized carbons (Fsp3) is 0.125. The predicted octanol–water partition coefficient (Wildman–Crippen LogP) is 2.49. The first-order valence-corrected chi connectivity index (χ1v) is 9.45. The van der Waals surface area contributed by atoms with Gasteiger partial charge in [0.2, 0.25) is 0 Å². The highest BCUT2D eigenvalue weighted by Crippen LogP contribution is 2.23. The summed E-state index contributed by atoms with van der Waals surface area (Å²) in [5.41, 5.74) is 1.72. The van der Waals surface area contributed by atoms with Crippen molar-refractivity contribution >= 4 is 44.1 Å². The van der Waals surface area contributed by atoms with Gasteiger partial charge in [0, 0.05) is 0 Å². The maximum atomic E-state index is 12.6. The van der Waals surface area contributed by atoms with E-state index in [1.165, 1.54) is 25.3 Å². The van der Waals surface area contributed by atoms with E-state index in [2.05, 4.69) is 13.8 Å². The minimum atomic E-state index is -3.92. The van der Waals surface area contributed by atoms with Crippen LogP contribution in [-0.2, 0) is 14.8 Å². The number of nitrogens with one attached hydrogen (secondary N) is 2. The van der Waals surface area contributed by atoms with Crippen molar-refractivity contribution < 1.29 is 17.9 Å². The van der Waals surface area contributed by atoms with Gasteiger partial charge < -0.3 is 9.11 Å². The van der Waals surface area contributed by atoms with E-state index in [1.807, 2.05) is 0 Å². The number of aromatic nitrogens is 1. The number of hydrogen-bond acceptors (Lipinski definition) is 6. The molecule has 0 aliphatic carbocycles. The molecule has 0 spiro atoms. The van der Waals surface area contributed by atoms with Gasteiger partial charge in [-0.2, -0.15) is 0 Å². The molecule has 0 saturated carbocycles. The molecule has 0 fully saturated rings. The molecule has 3 rings (SSSR count). The number of rotatable bonds is 4. The van der Waals surface area contributed by atoms with Crippen molar-refractivity contribution in [2.24, 2.45) is 0 Å². The number of sulfonamides is 1. The average molecular weight is 378 g/mol. The summed E-state index contributed by atoms with van der Waals surface area (Å²) in [6, 6.07) is 8.86. The van der Waals surface area contributed by atoms with Crippen molar-refractivity contribution in [3.8, 4) is 0 Å². The third kappa shape index (κ3) is 3.28. The van der Waals surface area contributed by atoms with Crippen molar-refractivity contribution in [1.82, 2.24) is 4.37 Å². The van der Waals surface area contributed by atoms with Crippen LogP contribution in [-0.4, -0.2) is 25.9 Å². The maximum Gasteiger partial charge on any atom is 0.337 e. The average Bonchev–Trinajstić information content (AvgIpc) is 2.96. The van der Waals surface area contributed by atoms with Crippen molar-refractivity contribution in [3.63, 3.8) is 0 Å². The number of carbonyl (C=O) groups excluding carboxylic acids is 1. The lowest BCUT2D eigenvalue weighted by Crippen LogP contribution is -2.14. The Morgan fingerprint density at radius 2 is 1.96 bits per heavy atom. The molecule has 0 atom stereocenters. The van der Waals surface area contributed by atoms with Gasteiger partial charge in [-0.15, -0.1) is 0 Å². The van der Waals surface area contributed by atoms with E-state index < -0.39 is 16.0 Å². The Hall–Kier alpha value is -2.65. The lowest BCUT2D eigenvalue weighted by atomic mass is 10.1. The number of carbonyl (C=O) groups is 1. The summed E-state index contributed by atoms with van der Waals surface area (Å²) in [7, 11) is -2.67. The highest BCUT2D eigenvalue weighted by molar-refractivity contribution is 7.92. The Bertz CT molecular complexity index is 1130. The van der Waals surface area contributed by atoms with Gasteiger partial charge in [0.25, 0.3) is 14.8 Å². The van der Waals surface area contributed by atoms with Gasteiger partial charge in [0.15, 0.2) is 0 Å². The Balaban J connectivity index is 2.01. The molecule has 7 nitrogen and oxygen atoms in total. The number of fused-ring (bicyclic) bond motifs is 1. The quantitative estimate of drug-likeness (QED) is 0.679. The van der Waals surface area contributed by atoms with Crippen molar-refractivity contribution in [3.05, 3.63) is 57.1 Å². The molecule has 0 unspecified atom stereocenters. The maximum absolute atomic E-state index is 12.6. The van der Waals surface area contributed by atoms with Crippen LogP contribution < -0.4 is 9.46 Å². The number of hydrogen-bond donors (Lipinski definition) is 2. The number of aromatic amines is 1. The normalized spacial score (nSPS) is 11.4. The van der Waals surface area contributed by atoms with Crippen LogP contribution in [0.15, 0.2) is 46.1 Å². The van der Waals surface area contributed by atoms with Crippen LogP contribution in [0.1, 0.15) is 15.9 Å². The Kier molecular flexibility index (Phi) is 4.36. The predicted molar refractivity (Wildman–Crippen MR) is 95.8 cm³/mol. The number of methoxy groups -OCH3 is 1. The molecular weight excluding hydrogens is 364 g/mol. The van der Waals surface area contributed by atoms with E-state index in [4.69, 9.17) is 0 Å². The summed E-state index contributed by atoms with van der Waals surface area (Å²) in [4.78, 5) is 23.3. The van der Waals surface area contributed by atoms with Gasteiger partial charge in [-0.05, 0) is 54.4 Å². The van der Waals surface area contributed by atoms with Crippen molar-refractivity contribution in [2.45, 2.75) is 11.8 Å². The third-order valence-electron chi connectivity index (χ3n) is 3.68. The highest BCUT2D eigenvalue weighted by Gasteiger charge is 2.18. The second kappa shape index (κ2) is 6.34. The Labute approximate surface area is 147 Å². The van der Waals surface area contributed by atoms with Crippen LogP contribution in [0.5, 0.6) is 0 Å². The van der Waals surface area contributed by atoms with Gasteiger partial charge in [-0.25, -0.2) is 13.2 Å². The van der Waals surface area contributed by atoms with Gasteiger partial charge in [0.1, 0.15) is 0 Å². The second-order valence-electron chi connectivity index (χ2n) is 5.33. The van der Waals surface area contributed by atoms with Gasteiger partial charge >= 0.3 is 5.97 Å². The number of esters is 1. The fourth-order valence-electron chi connectivity index (χ4n) is 2.29. The molecule has 0 amide bonds. The second-order valence-corrected chi connectivity index (χ2v) is 7.79. The monoisotopic (exact) mass is 378 g/mol. The molecule has 2 N–H and O–H groups in total. The molecule has 0 saturated heterocycles. The Morgan fingerprint density at radius 3 is 2.68 bits per heavy atom. The smallest absolute Gasteiger partial charge is 0.337 e. The Morgan fingerprint density at radius 1 is 1.20 bits per heavy atom. The van der Waals surface area contributed by atoms with Gasteiger partial charge in [0.05, 0.1) is 34.2 Å². The molecule has 0 aliphatic rings. The van der Waals surface area contributed by atoms with Crippen molar-refractivity contribution in [1.29, 1.82) is 0 Å². The van der Waals surface area contributed by atoms with Crippen LogP contribution >= 0.6 is 11.5 Å². The number of anilines is 1. The zero-order valence-corrected chi connectivity index (χ0v) is 15.0. The van der Waals surface area contributed by atoms with Crippen LogP contribution in [0.25, 0.3) is 10.9 Å². The van der Waals surface area contributed by atoms with Crippen molar-refractivity contribution in [2.75, 3.05) is 11.8 Å². The summed E-state index contributed by atoms with van der Waals surface area (Å²) in [6.07, 6.45) is 0. The molecule has 1 aromatic heterocycles. The molecule has 130 valence electrons. The number of ether oxygens (including phenoxy) is 1. The van der Waals surface area contributed by atoms with E-state index in [0.717, 1.165) is 11.5 Å². The van der Waals surface area contributed by atoms with Gasteiger partial charge in [-0.3, -0.25) is 9.52 Å². The molecular formula is C16H14N2O5S2. The SMILES string of the molecule is COC(=O)c1ccc(C)c(NS(=O)(=O)c2ccc3[nH]sc(=O)c3c2)c1. The number of benzene rings is 2. The first kappa shape index (κ1) is 17.2. The fourth-order valence-corrected chi connectivity index (χ4v) is 4.09. The summed E-state index contributed by atoms with van der Waals surface area (Å²) in [5.74, 6) is -0.563. The molecule has 25 heavy (non-hydrogen) atoms. The highest BCUT2D eigenvalue weighted by atomic mass is 32.2. The van der Waals surface area contributed by atoms with E-state index in [-0.39, 0.29) is 20.9 Å². The summed E-state index contributed by atoms with van der Waals surface area (Å²) in [5, 5.41) is 0.313.